The summed E-state index contributed by atoms with van der Waals surface area (Å²) >= 11 is 0. The van der Waals surface area contributed by atoms with Crippen LogP contribution in [0.1, 0.15) is 5.56 Å². The van der Waals surface area contributed by atoms with E-state index in [2.05, 4.69) is 21.7 Å². The zero-order valence-electron chi connectivity index (χ0n) is 9.86. The maximum absolute atomic E-state index is 11.2. The van der Waals surface area contributed by atoms with Gasteiger partial charge >= 0.3 is 6.03 Å². The van der Waals surface area contributed by atoms with Crippen molar-refractivity contribution in [3.8, 4) is 6.07 Å². The number of urea groups is 1. The van der Waals surface area contributed by atoms with E-state index in [1.807, 2.05) is 30.5 Å². The summed E-state index contributed by atoms with van der Waals surface area (Å²) < 4.78 is 0. The van der Waals surface area contributed by atoms with Crippen molar-refractivity contribution in [2.75, 3.05) is 13.1 Å². The molecule has 0 saturated heterocycles. The van der Waals surface area contributed by atoms with Crippen molar-refractivity contribution in [3.05, 3.63) is 36.0 Å². The zero-order chi connectivity index (χ0) is 12.8. The fourth-order valence-corrected chi connectivity index (χ4v) is 1.83. The van der Waals surface area contributed by atoms with Crippen LogP contribution in [0, 0.1) is 11.3 Å². The molecule has 0 aliphatic rings. The number of benzene rings is 1. The number of hydrogen-bond donors (Lipinski definition) is 3. The number of fused-ring (bicyclic) bond motifs is 1. The Balaban J connectivity index is 1.87. The van der Waals surface area contributed by atoms with Crippen LogP contribution in [-0.4, -0.2) is 24.1 Å². The molecule has 0 saturated carbocycles. The Labute approximate surface area is 105 Å². The highest BCUT2D eigenvalue weighted by Gasteiger charge is 2.03. The van der Waals surface area contributed by atoms with E-state index in [0.717, 1.165) is 11.9 Å². The minimum Gasteiger partial charge on any atom is -0.361 e. The van der Waals surface area contributed by atoms with Crippen molar-refractivity contribution in [3.63, 3.8) is 0 Å². The Hall–Kier alpha value is -2.48. The average Bonchev–Trinajstić information content (AvgIpc) is 2.80. The van der Waals surface area contributed by atoms with Crippen LogP contribution in [0.15, 0.2) is 30.5 Å². The summed E-state index contributed by atoms with van der Waals surface area (Å²) in [7, 11) is 0. The molecular formula is C13H14N4O. The lowest BCUT2D eigenvalue weighted by Crippen LogP contribution is -2.36. The standard InChI is InChI=1S/C13H14N4O/c14-6-8-16-13(18)15-7-5-10-9-17-12-4-2-1-3-11(10)12/h1-4,9,17H,5,7-8H2,(H2,15,16,18). The minimum atomic E-state index is -0.309. The van der Waals surface area contributed by atoms with Crippen molar-refractivity contribution in [2.24, 2.45) is 0 Å². The number of rotatable bonds is 4. The molecule has 2 amide bonds. The number of aromatic nitrogens is 1. The third-order valence-corrected chi connectivity index (χ3v) is 2.68. The van der Waals surface area contributed by atoms with Crippen molar-refractivity contribution in [2.45, 2.75) is 6.42 Å². The molecule has 2 aromatic rings. The Morgan fingerprint density at radius 3 is 3.00 bits per heavy atom. The number of amides is 2. The van der Waals surface area contributed by atoms with Crippen LogP contribution in [0.4, 0.5) is 4.79 Å². The SMILES string of the molecule is N#CCNC(=O)NCCc1c[nH]c2ccccc12. The van der Waals surface area contributed by atoms with Gasteiger partial charge in [-0.05, 0) is 18.1 Å². The molecule has 3 N–H and O–H groups in total. The van der Waals surface area contributed by atoms with Crippen LogP contribution in [0.3, 0.4) is 0 Å². The van der Waals surface area contributed by atoms with E-state index in [0.29, 0.717) is 6.54 Å². The van der Waals surface area contributed by atoms with Gasteiger partial charge in [0.15, 0.2) is 0 Å². The number of hydrogen-bond acceptors (Lipinski definition) is 2. The first-order chi connectivity index (χ1) is 8.81. The highest BCUT2D eigenvalue weighted by atomic mass is 16.2. The topological polar surface area (TPSA) is 80.7 Å². The third kappa shape index (κ3) is 2.80. The molecule has 0 atom stereocenters. The predicted molar refractivity (Wildman–Crippen MR) is 69.0 cm³/mol. The third-order valence-electron chi connectivity index (χ3n) is 2.68. The molecule has 5 nitrogen and oxygen atoms in total. The molecule has 5 heteroatoms. The second-order valence-electron chi connectivity index (χ2n) is 3.88. The largest absolute Gasteiger partial charge is 0.361 e. The molecule has 0 aliphatic heterocycles. The predicted octanol–water partition coefficient (Wildman–Crippen LogP) is 1.53. The lowest BCUT2D eigenvalue weighted by molar-refractivity contribution is 0.242. The minimum absolute atomic E-state index is 0.0267. The molecule has 1 aromatic carbocycles. The van der Waals surface area contributed by atoms with Gasteiger partial charge in [-0.3, -0.25) is 0 Å². The van der Waals surface area contributed by atoms with Gasteiger partial charge in [-0.15, -0.1) is 0 Å². The molecule has 0 aliphatic carbocycles. The van der Waals surface area contributed by atoms with Gasteiger partial charge in [0.25, 0.3) is 0 Å². The lowest BCUT2D eigenvalue weighted by atomic mass is 10.1. The Morgan fingerprint density at radius 2 is 2.17 bits per heavy atom. The number of carbonyl (C=O) groups excluding carboxylic acids is 1. The summed E-state index contributed by atoms with van der Waals surface area (Å²) in [5.74, 6) is 0. The molecule has 92 valence electrons. The smallest absolute Gasteiger partial charge is 0.315 e. The van der Waals surface area contributed by atoms with Crippen LogP contribution in [-0.2, 0) is 6.42 Å². The van der Waals surface area contributed by atoms with Gasteiger partial charge in [0, 0.05) is 23.6 Å². The van der Waals surface area contributed by atoms with E-state index in [1.165, 1.54) is 10.9 Å². The Bertz CT molecular complexity index is 582. The maximum Gasteiger partial charge on any atom is 0.315 e. The fraction of sp³-hybridized carbons (Fsp3) is 0.231. The molecule has 0 fully saturated rings. The summed E-state index contributed by atoms with van der Waals surface area (Å²) in [6.45, 7) is 0.567. The second-order valence-corrected chi connectivity index (χ2v) is 3.88. The van der Waals surface area contributed by atoms with E-state index in [1.54, 1.807) is 0 Å². The highest BCUT2D eigenvalue weighted by Crippen LogP contribution is 2.17. The highest BCUT2D eigenvalue weighted by molar-refractivity contribution is 5.83. The summed E-state index contributed by atoms with van der Waals surface area (Å²) in [6, 6.07) is 9.59. The molecule has 0 unspecified atom stereocenters. The van der Waals surface area contributed by atoms with E-state index < -0.39 is 0 Å². The fourth-order valence-electron chi connectivity index (χ4n) is 1.83. The summed E-state index contributed by atoms with van der Waals surface area (Å²) in [5.41, 5.74) is 2.27. The maximum atomic E-state index is 11.2. The van der Waals surface area contributed by atoms with Gasteiger partial charge < -0.3 is 15.6 Å². The first-order valence-electron chi connectivity index (χ1n) is 5.75. The molecule has 1 aromatic heterocycles. The van der Waals surface area contributed by atoms with Crippen LogP contribution in [0.2, 0.25) is 0 Å². The number of nitrogens with one attached hydrogen (secondary N) is 3. The Morgan fingerprint density at radius 1 is 1.33 bits per heavy atom. The van der Waals surface area contributed by atoms with Gasteiger partial charge in [0.1, 0.15) is 6.54 Å². The number of carbonyl (C=O) groups is 1. The van der Waals surface area contributed by atoms with E-state index in [4.69, 9.17) is 5.26 Å². The lowest BCUT2D eigenvalue weighted by Gasteiger charge is -2.04. The van der Waals surface area contributed by atoms with Crippen molar-refractivity contribution in [1.29, 1.82) is 5.26 Å². The van der Waals surface area contributed by atoms with Crippen LogP contribution in [0.25, 0.3) is 10.9 Å². The summed E-state index contributed by atoms with van der Waals surface area (Å²) in [6.07, 6.45) is 2.71. The van der Waals surface area contributed by atoms with Crippen LogP contribution >= 0.6 is 0 Å². The number of nitriles is 1. The molecular weight excluding hydrogens is 228 g/mol. The monoisotopic (exact) mass is 242 g/mol. The molecule has 0 radical (unpaired) electrons. The van der Waals surface area contributed by atoms with Gasteiger partial charge in [0.2, 0.25) is 0 Å². The number of nitrogens with zero attached hydrogens (tertiary/aromatic N) is 1. The summed E-state index contributed by atoms with van der Waals surface area (Å²) in [5, 5.41) is 14.6. The van der Waals surface area contributed by atoms with E-state index in [-0.39, 0.29) is 12.6 Å². The van der Waals surface area contributed by atoms with Crippen molar-refractivity contribution < 1.29 is 4.79 Å². The number of para-hydroxylation sites is 1. The van der Waals surface area contributed by atoms with Gasteiger partial charge in [-0.1, -0.05) is 18.2 Å². The van der Waals surface area contributed by atoms with Crippen LogP contribution in [0.5, 0.6) is 0 Å². The molecule has 18 heavy (non-hydrogen) atoms. The quantitative estimate of drug-likeness (QED) is 0.711. The van der Waals surface area contributed by atoms with E-state index in [9.17, 15) is 4.79 Å². The normalized spacial score (nSPS) is 9.94. The van der Waals surface area contributed by atoms with Gasteiger partial charge in [0.05, 0.1) is 6.07 Å². The average molecular weight is 242 g/mol. The number of H-pyrrole nitrogens is 1. The summed E-state index contributed by atoms with van der Waals surface area (Å²) in [4.78, 5) is 14.4. The zero-order valence-corrected chi connectivity index (χ0v) is 9.86. The van der Waals surface area contributed by atoms with Crippen molar-refractivity contribution >= 4 is 16.9 Å². The van der Waals surface area contributed by atoms with Gasteiger partial charge in [-0.25, -0.2) is 4.79 Å². The van der Waals surface area contributed by atoms with Crippen LogP contribution < -0.4 is 10.6 Å². The molecule has 0 spiro atoms. The van der Waals surface area contributed by atoms with E-state index >= 15 is 0 Å². The Kier molecular flexibility index (Phi) is 3.82. The molecule has 1 heterocycles. The molecule has 2 rings (SSSR count). The van der Waals surface area contributed by atoms with Gasteiger partial charge in [-0.2, -0.15) is 5.26 Å². The molecule has 0 bridgehead atoms. The first-order valence-corrected chi connectivity index (χ1v) is 5.75. The second kappa shape index (κ2) is 5.73. The van der Waals surface area contributed by atoms with Crippen molar-refractivity contribution in [1.82, 2.24) is 15.6 Å². The first kappa shape index (κ1) is 12.0. The number of aromatic amines is 1.